The van der Waals surface area contributed by atoms with E-state index in [0.29, 0.717) is 11.1 Å². The number of nitriles is 1. The summed E-state index contributed by atoms with van der Waals surface area (Å²) in [7, 11) is -4.03. The van der Waals surface area contributed by atoms with Gasteiger partial charge in [-0.15, -0.1) is 0 Å². The van der Waals surface area contributed by atoms with E-state index in [1.165, 1.54) is 19.9 Å². The third kappa shape index (κ3) is 5.56. The number of hydrogen-bond donors (Lipinski definition) is 1. The number of rotatable bonds is 8. The third-order valence-corrected chi connectivity index (χ3v) is 6.66. The predicted octanol–water partition coefficient (Wildman–Crippen LogP) is 3.55. The summed E-state index contributed by atoms with van der Waals surface area (Å²) in [6, 6.07) is 3.29. The molecule has 0 aliphatic rings. The summed E-state index contributed by atoms with van der Waals surface area (Å²) < 4.78 is 40.4. The Kier molecular flexibility index (Phi) is 7.53. The lowest BCUT2D eigenvalue weighted by Crippen LogP contribution is -2.22. The van der Waals surface area contributed by atoms with Crippen molar-refractivity contribution < 1.29 is 22.7 Å². The number of nitrogens with zero attached hydrogens (tertiary/aromatic N) is 3. The topological polar surface area (TPSA) is 121 Å². The van der Waals surface area contributed by atoms with E-state index in [0.717, 1.165) is 12.4 Å². The quantitative estimate of drug-likeness (QED) is 0.638. The highest BCUT2D eigenvalue weighted by atomic mass is 32.2. The van der Waals surface area contributed by atoms with E-state index in [9.17, 15) is 28.0 Å². The summed E-state index contributed by atoms with van der Waals surface area (Å²) >= 11 is 0. The second-order valence-corrected chi connectivity index (χ2v) is 10.9. The van der Waals surface area contributed by atoms with E-state index >= 15 is 0 Å². The van der Waals surface area contributed by atoms with Crippen LogP contribution in [-0.4, -0.2) is 35.0 Å². The minimum atomic E-state index is -4.03. The first-order valence-corrected chi connectivity index (χ1v) is 11.9. The van der Waals surface area contributed by atoms with Crippen molar-refractivity contribution in [3.05, 3.63) is 52.4 Å². The molecule has 0 atom stereocenters. The van der Waals surface area contributed by atoms with E-state index in [1.807, 2.05) is 19.9 Å². The lowest BCUT2D eigenvalue weighted by atomic mass is 9.84. The number of aromatic nitrogens is 2. The number of aliphatic hydroxyl groups is 1. The largest absolute Gasteiger partial charge is 0.382 e. The van der Waals surface area contributed by atoms with Gasteiger partial charge in [-0.25, -0.2) is 22.8 Å². The molecule has 0 saturated heterocycles. The van der Waals surface area contributed by atoms with E-state index < -0.39 is 32.8 Å². The molecule has 0 fully saturated rings. The van der Waals surface area contributed by atoms with Crippen LogP contribution in [0.15, 0.2) is 23.4 Å². The van der Waals surface area contributed by atoms with E-state index in [1.54, 1.807) is 13.8 Å². The average molecular weight is 462 g/mol. The standard InChI is InChI=1S/C23H28FN3O4S/c1-13(2)18-7-15(9-25)21(24)20(14(3)4)19(18)8-16(28)12-32(30,31)17-10-26-22(27-11-17)23(5,6)29/h7,10-11,13-14,29H,8,12H2,1-6H3. The van der Waals surface area contributed by atoms with Crippen LogP contribution in [-0.2, 0) is 26.7 Å². The highest BCUT2D eigenvalue weighted by Gasteiger charge is 2.27. The summed E-state index contributed by atoms with van der Waals surface area (Å²) in [6.07, 6.45) is 1.85. The van der Waals surface area contributed by atoms with Gasteiger partial charge >= 0.3 is 0 Å². The van der Waals surface area contributed by atoms with Gasteiger partial charge in [-0.05, 0) is 48.4 Å². The molecule has 0 radical (unpaired) electrons. The SMILES string of the molecule is CC(C)c1cc(C#N)c(F)c(C(C)C)c1CC(=O)CS(=O)(=O)c1cnc(C(C)(C)O)nc1. The van der Waals surface area contributed by atoms with Crippen molar-refractivity contribution >= 4 is 15.6 Å². The summed E-state index contributed by atoms with van der Waals surface area (Å²) in [5.41, 5.74) is -0.0876. The number of carbonyl (C=O) groups is 1. The van der Waals surface area contributed by atoms with Gasteiger partial charge in [-0.2, -0.15) is 5.26 Å². The first-order chi connectivity index (χ1) is 14.7. The first kappa shape index (κ1) is 25.6. The molecule has 2 aromatic rings. The summed E-state index contributed by atoms with van der Waals surface area (Å²) in [5, 5.41) is 19.2. The number of sulfone groups is 1. The van der Waals surface area contributed by atoms with Crippen LogP contribution < -0.4 is 0 Å². The van der Waals surface area contributed by atoms with Crippen LogP contribution in [0.1, 0.15) is 81.5 Å². The third-order valence-electron chi connectivity index (χ3n) is 5.03. The molecule has 0 aliphatic heterocycles. The molecule has 9 heteroatoms. The molecule has 1 N–H and O–H groups in total. The highest BCUT2D eigenvalue weighted by molar-refractivity contribution is 7.92. The molecule has 0 unspecified atom stereocenters. The van der Waals surface area contributed by atoms with Crippen molar-refractivity contribution in [1.82, 2.24) is 9.97 Å². The van der Waals surface area contributed by atoms with Gasteiger partial charge in [-0.1, -0.05) is 27.7 Å². The van der Waals surface area contributed by atoms with Crippen molar-refractivity contribution in [1.29, 1.82) is 5.26 Å². The zero-order valence-corrected chi connectivity index (χ0v) is 19.9. The second kappa shape index (κ2) is 9.43. The molecule has 1 heterocycles. The predicted molar refractivity (Wildman–Crippen MR) is 117 cm³/mol. The van der Waals surface area contributed by atoms with Gasteiger partial charge in [-0.3, -0.25) is 4.79 Å². The van der Waals surface area contributed by atoms with Gasteiger partial charge in [0.05, 0.1) is 5.56 Å². The zero-order chi connectivity index (χ0) is 24.4. The minimum Gasteiger partial charge on any atom is -0.382 e. The fourth-order valence-electron chi connectivity index (χ4n) is 3.47. The fourth-order valence-corrected chi connectivity index (χ4v) is 4.59. The van der Waals surface area contributed by atoms with Crippen LogP contribution in [0.2, 0.25) is 0 Å². The normalized spacial score (nSPS) is 12.3. The Labute approximate surface area is 188 Å². The van der Waals surface area contributed by atoms with Gasteiger partial charge in [0.2, 0.25) is 0 Å². The number of hydrogen-bond acceptors (Lipinski definition) is 7. The first-order valence-electron chi connectivity index (χ1n) is 10.2. The second-order valence-electron chi connectivity index (χ2n) is 8.92. The Bertz CT molecular complexity index is 1160. The number of ketones is 1. The molecule has 0 aliphatic carbocycles. The van der Waals surface area contributed by atoms with Crippen molar-refractivity contribution in [2.45, 2.75) is 70.3 Å². The maximum Gasteiger partial charge on any atom is 0.188 e. The summed E-state index contributed by atoms with van der Waals surface area (Å²) in [5.74, 6) is -2.42. The molecule has 0 amide bonds. The molecule has 1 aromatic carbocycles. The van der Waals surface area contributed by atoms with Crippen molar-refractivity contribution in [3.8, 4) is 6.07 Å². The fraction of sp³-hybridized carbons (Fsp3) is 0.478. The Balaban J connectivity index is 2.40. The molecule has 7 nitrogen and oxygen atoms in total. The Morgan fingerprint density at radius 2 is 1.75 bits per heavy atom. The molecule has 0 bridgehead atoms. The lowest BCUT2D eigenvalue weighted by molar-refractivity contribution is -0.116. The van der Waals surface area contributed by atoms with Crippen LogP contribution in [0.4, 0.5) is 4.39 Å². The summed E-state index contributed by atoms with van der Waals surface area (Å²) in [4.78, 5) is 20.3. The van der Waals surface area contributed by atoms with Crippen LogP contribution in [0.5, 0.6) is 0 Å². The number of halogens is 1. The lowest BCUT2D eigenvalue weighted by Gasteiger charge is -2.21. The van der Waals surface area contributed by atoms with Crippen LogP contribution in [0.3, 0.4) is 0 Å². The number of Topliss-reactive ketones (excluding diaryl/α,β-unsaturated/α-hetero) is 1. The Morgan fingerprint density at radius 3 is 2.19 bits per heavy atom. The Hall–Kier alpha value is -2.70. The molecule has 1 aromatic heterocycles. The van der Waals surface area contributed by atoms with Crippen molar-refractivity contribution in [2.24, 2.45) is 0 Å². The van der Waals surface area contributed by atoms with Gasteiger partial charge in [0.15, 0.2) is 21.4 Å². The molecule has 32 heavy (non-hydrogen) atoms. The van der Waals surface area contributed by atoms with E-state index in [2.05, 4.69) is 9.97 Å². The molecule has 0 saturated carbocycles. The van der Waals surface area contributed by atoms with Crippen LogP contribution >= 0.6 is 0 Å². The van der Waals surface area contributed by atoms with Crippen LogP contribution in [0, 0.1) is 17.1 Å². The number of benzene rings is 1. The maximum atomic E-state index is 14.9. The highest BCUT2D eigenvalue weighted by Crippen LogP contribution is 2.33. The maximum absolute atomic E-state index is 14.9. The number of carbonyl (C=O) groups excluding carboxylic acids is 1. The smallest absolute Gasteiger partial charge is 0.188 e. The molecular formula is C23H28FN3O4S. The van der Waals surface area contributed by atoms with E-state index in [4.69, 9.17) is 0 Å². The van der Waals surface area contributed by atoms with Crippen LogP contribution in [0.25, 0.3) is 0 Å². The molecule has 0 spiro atoms. The van der Waals surface area contributed by atoms with Gasteiger partial charge in [0.25, 0.3) is 0 Å². The van der Waals surface area contributed by atoms with Gasteiger partial charge in [0, 0.05) is 18.8 Å². The van der Waals surface area contributed by atoms with Gasteiger partial charge in [0.1, 0.15) is 28.1 Å². The molecule has 2 rings (SSSR count). The van der Waals surface area contributed by atoms with Crippen molar-refractivity contribution in [3.63, 3.8) is 0 Å². The van der Waals surface area contributed by atoms with Gasteiger partial charge < -0.3 is 5.11 Å². The van der Waals surface area contributed by atoms with E-state index in [-0.39, 0.29) is 40.1 Å². The molecular weight excluding hydrogens is 433 g/mol. The monoisotopic (exact) mass is 461 g/mol. The van der Waals surface area contributed by atoms with Crippen molar-refractivity contribution in [2.75, 3.05) is 5.75 Å². The summed E-state index contributed by atoms with van der Waals surface area (Å²) in [6.45, 7) is 10.2. The Morgan fingerprint density at radius 1 is 1.19 bits per heavy atom. The zero-order valence-electron chi connectivity index (χ0n) is 19.1. The average Bonchev–Trinajstić information content (AvgIpc) is 2.66. The minimum absolute atomic E-state index is 0.0546. The molecule has 172 valence electrons.